The van der Waals surface area contributed by atoms with Crippen LogP contribution in [0, 0.1) is 0 Å². The molecule has 7 nitrogen and oxygen atoms in total. The van der Waals surface area contributed by atoms with Crippen molar-refractivity contribution in [2.24, 2.45) is 5.14 Å². The predicted octanol–water partition coefficient (Wildman–Crippen LogP) is 2.01. The number of carbonyl (C=O) groups is 1. The van der Waals surface area contributed by atoms with Gasteiger partial charge in [-0.25, -0.2) is 13.6 Å². The molecule has 0 aliphatic rings. The van der Waals surface area contributed by atoms with Crippen molar-refractivity contribution in [3.05, 3.63) is 47.5 Å². The lowest BCUT2D eigenvalue weighted by Gasteiger charge is -2.11. The zero-order valence-corrected chi connectivity index (χ0v) is 14.2. The number of benzene rings is 2. The van der Waals surface area contributed by atoms with Crippen LogP contribution in [-0.4, -0.2) is 28.0 Å². The average molecular weight is 371 g/mol. The van der Waals surface area contributed by atoms with Crippen LogP contribution in [0.25, 0.3) is 0 Å². The van der Waals surface area contributed by atoms with Gasteiger partial charge >= 0.3 is 0 Å². The Kier molecular flexibility index (Phi) is 5.66. The number of nitrogens with two attached hydrogens (primary N) is 1. The van der Waals surface area contributed by atoms with Crippen molar-refractivity contribution < 1.29 is 22.7 Å². The van der Waals surface area contributed by atoms with Crippen molar-refractivity contribution in [2.75, 3.05) is 19.0 Å². The molecule has 128 valence electrons. The monoisotopic (exact) mass is 370 g/mol. The number of nitrogens with one attached hydrogen (secondary N) is 1. The molecule has 0 heterocycles. The summed E-state index contributed by atoms with van der Waals surface area (Å²) in [5.41, 5.74) is 0.254. The molecule has 0 fully saturated rings. The average Bonchev–Trinajstić information content (AvgIpc) is 2.53. The van der Waals surface area contributed by atoms with E-state index < -0.39 is 15.9 Å². The van der Waals surface area contributed by atoms with Crippen molar-refractivity contribution in [1.82, 2.24) is 0 Å². The minimum atomic E-state index is -3.98. The second-order valence-corrected chi connectivity index (χ2v) is 6.67. The van der Waals surface area contributed by atoms with Gasteiger partial charge in [0.1, 0.15) is 16.4 Å². The first kappa shape index (κ1) is 18.1. The molecule has 1 amide bonds. The molecule has 0 unspecified atom stereocenters. The van der Waals surface area contributed by atoms with Gasteiger partial charge in [0.15, 0.2) is 6.61 Å². The number of methoxy groups -OCH3 is 1. The van der Waals surface area contributed by atoms with Crippen LogP contribution in [0.1, 0.15) is 0 Å². The standard InChI is InChI=1S/C15H15ClN2O5S/c1-22-13-7-4-11(8-14(13)24(17,20)21)18-15(19)9-23-12-5-2-10(16)3-6-12/h2-8H,9H2,1H3,(H,18,19)(H2,17,20,21). The normalized spacial score (nSPS) is 11.0. The molecule has 24 heavy (non-hydrogen) atoms. The van der Waals surface area contributed by atoms with Crippen molar-refractivity contribution in [3.63, 3.8) is 0 Å². The smallest absolute Gasteiger partial charge is 0.262 e. The lowest BCUT2D eigenvalue weighted by molar-refractivity contribution is -0.118. The summed E-state index contributed by atoms with van der Waals surface area (Å²) in [6.45, 7) is -0.252. The molecule has 9 heteroatoms. The van der Waals surface area contributed by atoms with Crippen molar-refractivity contribution >= 4 is 33.2 Å². The summed E-state index contributed by atoms with van der Waals surface area (Å²) >= 11 is 5.75. The Morgan fingerprint density at radius 2 is 1.88 bits per heavy atom. The fourth-order valence-corrected chi connectivity index (χ4v) is 2.70. The third-order valence-corrected chi connectivity index (χ3v) is 4.12. The van der Waals surface area contributed by atoms with Crippen LogP contribution >= 0.6 is 11.6 Å². The minimum Gasteiger partial charge on any atom is -0.495 e. The van der Waals surface area contributed by atoms with Crippen molar-refractivity contribution in [2.45, 2.75) is 4.90 Å². The highest BCUT2D eigenvalue weighted by molar-refractivity contribution is 7.89. The molecule has 2 aromatic carbocycles. The molecule has 0 bridgehead atoms. The van der Waals surface area contributed by atoms with E-state index >= 15 is 0 Å². The molecule has 0 aromatic heterocycles. The third kappa shape index (κ3) is 4.85. The van der Waals surface area contributed by atoms with Gasteiger partial charge in [0.25, 0.3) is 5.91 Å². The van der Waals surface area contributed by atoms with E-state index in [1.54, 1.807) is 24.3 Å². The van der Waals surface area contributed by atoms with E-state index in [1.165, 1.54) is 25.3 Å². The van der Waals surface area contributed by atoms with Gasteiger partial charge < -0.3 is 14.8 Å². The molecule has 0 atom stereocenters. The Morgan fingerprint density at radius 1 is 1.21 bits per heavy atom. The van der Waals surface area contributed by atoms with Crippen LogP contribution in [0.5, 0.6) is 11.5 Å². The maximum atomic E-state index is 11.9. The van der Waals surface area contributed by atoms with Gasteiger partial charge in [-0.3, -0.25) is 4.79 Å². The Morgan fingerprint density at radius 3 is 2.46 bits per heavy atom. The lowest BCUT2D eigenvalue weighted by atomic mass is 10.3. The molecule has 0 saturated heterocycles. The lowest BCUT2D eigenvalue weighted by Crippen LogP contribution is -2.21. The quantitative estimate of drug-likeness (QED) is 0.808. The van der Waals surface area contributed by atoms with Crippen molar-refractivity contribution in [1.29, 1.82) is 0 Å². The Labute approximate surface area is 144 Å². The third-order valence-electron chi connectivity index (χ3n) is 2.94. The molecule has 0 spiro atoms. The zero-order valence-electron chi connectivity index (χ0n) is 12.7. The van der Waals surface area contributed by atoms with Gasteiger partial charge in [0, 0.05) is 10.7 Å². The Bertz CT molecular complexity index is 837. The molecule has 2 aromatic rings. The highest BCUT2D eigenvalue weighted by Gasteiger charge is 2.16. The largest absolute Gasteiger partial charge is 0.495 e. The van der Waals surface area contributed by atoms with E-state index in [1.807, 2.05) is 0 Å². The number of carbonyl (C=O) groups excluding carboxylic acids is 1. The summed E-state index contributed by atoms with van der Waals surface area (Å²) in [6, 6.07) is 10.6. The first-order valence-corrected chi connectivity index (χ1v) is 8.61. The second-order valence-electron chi connectivity index (χ2n) is 4.70. The van der Waals surface area contributed by atoms with Gasteiger partial charge in [-0.2, -0.15) is 0 Å². The van der Waals surface area contributed by atoms with E-state index in [0.717, 1.165) is 0 Å². The number of ether oxygens (including phenoxy) is 2. The molecule has 0 saturated carbocycles. The maximum Gasteiger partial charge on any atom is 0.262 e. The highest BCUT2D eigenvalue weighted by atomic mass is 35.5. The first-order chi connectivity index (χ1) is 11.3. The summed E-state index contributed by atoms with van der Waals surface area (Å²) in [6.07, 6.45) is 0. The van der Waals surface area contributed by atoms with Crippen LogP contribution < -0.4 is 19.9 Å². The number of sulfonamides is 1. The molecule has 0 aliphatic carbocycles. The summed E-state index contributed by atoms with van der Waals surface area (Å²) in [4.78, 5) is 11.7. The van der Waals surface area contributed by atoms with E-state index in [2.05, 4.69) is 5.32 Å². The van der Waals surface area contributed by atoms with Crippen molar-refractivity contribution in [3.8, 4) is 11.5 Å². The number of hydrogen-bond donors (Lipinski definition) is 2. The van der Waals surface area contributed by atoms with Gasteiger partial charge in [-0.05, 0) is 42.5 Å². The van der Waals surface area contributed by atoms with E-state index in [0.29, 0.717) is 10.8 Å². The van der Waals surface area contributed by atoms with Crippen LogP contribution in [0.4, 0.5) is 5.69 Å². The summed E-state index contributed by atoms with van der Waals surface area (Å²) in [5.74, 6) is 0.109. The first-order valence-electron chi connectivity index (χ1n) is 6.68. The molecule has 2 rings (SSSR count). The minimum absolute atomic E-state index is 0.0907. The van der Waals surface area contributed by atoms with Crippen LogP contribution in [0.3, 0.4) is 0 Å². The van der Waals surface area contributed by atoms with Crippen LogP contribution in [0.15, 0.2) is 47.4 Å². The number of anilines is 1. The van der Waals surface area contributed by atoms with E-state index in [-0.39, 0.29) is 22.9 Å². The zero-order chi connectivity index (χ0) is 17.7. The van der Waals surface area contributed by atoms with Gasteiger partial charge in [0.2, 0.25) is 10.0 Å². The molecule has 0 aliphatic heterocycles. The molecular formula is C15H15ClN2O5S. The van der Waals surface area contributed by atoms with E-state index in [9.17, 15) is 13.2 Å². The van der Waals surface area contributed by atoms with Crippen LogP contribution in [-0.2, 0) is 14.8 Å². The fraction of sp³-hybridized carbons (Fsp3) is 0.133. The number of hydrogen-bond acceptors (Lipinski definition) is 5. The number of halogens is 1. The summed E-state index contributed by atoms with van der Waals surface area (Å²) in [7, 11) is -2.66. The number of amides is 1. The summed E-state index contributed by atoms with van der Waals surface area (Å²) in [5, 5.41) is 8.20. The Hall–Kier alpha value is -2.29. The summed E-state index contributed by atoms with van der Waals surface area (Å²) < 4.78 is 33.3. The molecular weight excluding hydrogens is 356 g/mol. The Balaban J connectivity index is 2.05. The van der Waals surface area contributed by atoms with Gasteiger partial charge in [0.05, 0.1) is 7.11 Å². The second kappa shape index (κ2) is 7.52. The predicted molar refractivity (Wildman–Crippen MR) is 89.9 cm³/mol. The van der Waals surface area contributed by atoms with Gasteiger partial charge in [-0.15, -0.1) is 0 Å². The number of primary sulfonamides is 1. The SMILES string of the molecule is COc1ccc(NC(=O)COc2ccc(Cl)cc2)cc1S(N)(=O)=O. The van der Waals surface area contributed by atoms with E-state index in [4.69, 9.17) is 26.2 Å². The van der Waals surface area contributed by atoms with Gasteiger partial charge in [-0.1, -0.05) is 11.6 Å². The topological polar surface area (TPSA) is 108 Å². The van der Waals surface area contributed by atoms with Crippen LogP contribution in [0.2, 0.25) is 5.02 Å². The molecule has 3 N–H and O–H groups in total. The maximum absolute atomic E-state index is 11.9. The number of rotatable bonds is 6. The fourth-order valence-electron chi connectivity index (χ4n) is 1.85. The highest BCUT2D eigenvalue weighted by Crippen LogP contribution is 2.26. The molecule has 0 radical (unpaired) electrons.